The number of rotatable bonds is 4. The number of alkyl halides is 2. The van der Waals surface area contributed by atoms with E-state index >= 15 is 0 Å². The van der Waals surface area contributed by atoms with E-state index in [1.165, 1.54) is 0 Å². The van der Waals surface area contributed by atoms with E-state index < -0.39 is 11.8 Å². The highest BCUT2D eigenvalue weighted by atomic mass is 19.3. The molecule has 2 aromatic heterocycles. The summed E-state index contributed by atoms with van der Waals surface area (Å²) in [6.07, 6.45) is 5.59. The number of hydrogen-bond acceptors (Lipinski definition) is 3. The lowest BCUT2D eigenvalue weighted by Gasteiger charge is -2.38. The lowest BCUT2D eigenvalue weighted by atomic mass is 9.80. The van der Waals surface area contributed by atoms with E-state index in [1.54, 1.807) is 4.90 Å². The van der Waals surface area contributed by atoms with Crippen LogP contribution in [0.1, 0.15) is 37.7 Å². The van der Waals surface area contributed by atoms with E-state index in [2.05, 4.69) is 15.3 Å². The maximum absolute atomic E-state index is 13.1. The van der Waals surface area contributed by atoms with Crippen molar-refractivity contribution in [2.75, 3.05) is 18.4 Å². The minimum Gasteiger partial charge on any atom is -0.346 e. The van der Waals surface area contributed by atoms with Gasteiger partial charge in [-0.25, -0.2) is 13.8 Å². The fourth-order valence-electron chi connectivity index (χ4n) is 4.15. The number of amides is 2. The Morgan fingerprint density at radius 2 is 2.03 bits per heavy atom. The zero-order valence-corrected chi connectivity index (χ0v) is 15.9. The van der Waals surface area contributed by atoms with Crippen molar-refractivity contribution in [2.24, 2.45) is 11.8 Å². The second-order valence-electron chi connectivity index (χ2n) is 8.28. The first kappa shape index (κ1) is 18.3. The van der Waals surface area contributed by atoms with E-state index in [0.717, 1.165) is 29.4 Å². The van der Waals surface area contributed by atoms with E-state index in [9.17, 15) is 18.4 Å². The van der Waals surface area contributed by atoms with Gasteiger partial charge in [-0.2, -0.15) is 0 Å². The number of pyridine rings is 1. The Labute approximate surface area is 166 Å². The van der Waals surface area contributed by atoms with Crippen LogP contribution in [0.5, 0.6) is 0 Å². The Hall–Kier alpha value is -2.77. The number of aromatic nitrogens is 2. The first-order valence-electron chi connectivity index (χ1n) is 10.0. The average Bonchev–Trinajstić information content (AvgIpc) is 3.43. The molecule has 2 N–H and O–H groups in total. The number of carbonyl (C=O) groups is 2. The van der Waals surface area contributed by atoms with Crippen molar-refractivity contribution in [1.82, 2.24) is 14.9 Å². The SMILES string of the molecule is O=C(Nc1cc(C2=CCN(C(=O)C3CC(F)(F)C3)CC2)c2cc[nH]c2n1)C1CC1. The molecule has 0 saturated heterocycles. The molecule has 0 unspecified atom stereocenters. The molecule has 3 heterocycles. The minimum absolute atomic E-state index is 0.000974. The number of aromatic amines is 1. The topological polar surface area (TPSA) is 78.1 Å². The number of nitrogens with one attached hydrogen (secondary N) is 2. The van der Waals surface area contributed by atoms with Crippen LogP contribution < -0.4 is 5.32 Å². The molecule has 3 aliphatic rings. The van der Waals surface area contributed by atoms with Gasteiger partial charge in [-0.3, -0.25) is 9.59 Å². The van der Waals surface area contributed by atoms with Crippen LogP contribution in [0.25, 0.3) is 16.6 Å². The Morgan fingerprint density at radius 3 is 2.69 bits per heavy atom. The smallest absolute Gasteiger partial charge is 0.249 e. The predicted molar refractivity (Wildman–Crippen MR) is 104 cm³/mol. The van der Waals surface area contributed by atoms with Crippen LogP contribution in [-0.4, -0.2) is 45.7 Å². The number of carbonyl (C=O) groups excluding carboxylic acids is 2. The van der Waals surface area contributed by atoms with Crippen molar-refractivity contribution in [2.45, 2.75) is 38.0 Å². The minimum atomic E-state index is -2.69. The second-order valence-corrected chi connectivity index (χ2v) is 8.28. The van der Waals surface area contributed by atoms with Gasteiger partial charge in [-0.05, 0) is 42.5 Å². The van der Waals surface area contributed by atoms with E-state index in [4.69, 9.17) is 0 Å². The Bertz CT molecular complexity index is 1020. The summed E-state index contributed by atoms with van der Waals surface area (Å²) in [7, 11) is 0. The van der Waals surface area contributed by atoms with Gasteiger partial charge >= 0.3 is 0 Å². The molecule has 2 aromatic rings. The maximum Gasteiger partial charge on any atom is 0.249 e. The fraction of sp³-hybridized carbons (Fsp3) is 0.476. The third kappa shape index (κ3) is 3.52. The molecule has 5 rings (SSSR count). The van der Waals surface area contributed by atoms with Crippen molar-refractivity contribution in [3.63, 3.8) is 0 Å². The molecule has 2 fully saturated rings. The molecule has 0 atom stereocenters. The summed E-state index contributed by atoms with van der Waals surface area (Å²) in [5.41, 5.74) is 2.75. The number of hydrogen-bond donors (Lipinski definition) is 2. The summed E-state index contributed by atoms with van der Waals surface area (Å²) >= 11 is 0. The number of halogens is 2. The number of H-pyrrole nitrogens is 1. The first-order valence-corrected chi connectivity index (χ1v) is 10.0. The third-order valence-corrected chi connectivity index (χ3v) is 6.03. The highest BCUT2D eigenvalue weighted by Gasteiger charge is 2.49. The largest absolute Gasteiger partial charge is 0.346 e. The van der Waals surface area contributed by atoms with Gasteiger partial charge in [-0.1, -0.05) is 6.08 Å². The fourth-order valence-corrected chi connectivity index (χ4v) is 4.15. The lowest BCUT2D eigenvalue weighted by Crippen LogP contribution is -2.47. The molecule has 0 bridgehead atoms. The van der Waals surface area contributed by atoms with Crippen molar-refractivity contribution in [1.29, 1.82) is 0 Å². The van der Waals surface area contributed by atoms with Gasteiger partial charge < -0.3 is 15.2 Å². The summed E-state index contributed by atoms with van der Waals surface area (Å²) in [5, 5.41) is 3.85. The molecule has 6 nitrogen and oxygen atoms in total. The number of fused-ring (bicyclic) bond motifs is 1. The zero-order chi connectivity index (χ0) is 20.2. The molecule has 0 aromatic carbocycles. The standard InChI is InChI=1S/C21H22F2N4O2/c22-21(23)10-14(11-21)20(29)27-7-4-12(5-8-27)16-9-17(26-19(28)13-1-2-13)25-18-15(16)3-6-24-18/h3-4,6,9,13-14H,1-2,5,7-8,10-11H2,(H2,24,25,26,28). The molecular formula is C21H22F2N4O2. The van der Waals surface area contributed by atoms with E-state index in [0.29, 0.717) is 31.0 Å². The molecule has 0 spiro atoms. The van der Waals surface area contributed by atoms with E-state index in [1.807, 2.05) is 24.4 Å². The van der Waals surface area contributed by atoms with Crippen LogP contribution in [0.15, 0.2) is 24.4 Å². The zero-order valence-electron chi connectivity index (χ0n) is 15.9. The summed E-state index contributed by atoms with van der Waals surface area (Å²) in [5.74, 6) is -2.81. The molecule has 2 amide bonds. The first-order chi connectivity index (χ1) is 13.9. The van der Waals surface area contributed by atoms with Gasteiger partial charge in [0.2, 0.25) is 17.7 Å². The molecule has 152 valence electrons. The summed E-state index contributed by atoms with van der Waals surface area (Å²) in [4.78, 5) is 33.8. The second kappa shape index (κ2) is 6.64. The highest BCUT2D eigenvalue weighted by Crippen LogP contribution is 2.43. The Morgan fingerprint density at radius 1 is 1.24 bits per heavy atom. The highest BCUT2D eigenvalue weighted by molar-refractivity contribution is 5.97. The maximum atomic E-state index is 13.1. The summed E-state index contributed by atoms with van der Waals surface area (Å²) < 4.78 is 26.2. The van der Waals surface area contributed by atoms with Gasteiger partial charge in [0.25, 0.3) is 0 Å². The van der Waals surface area contributed by atoms with Crippen LogP contribution in [-0.2, 0) is 9.59 Å². The lowest BCUT2D eigenvalue weighted by molar-refractivity contribution is -0.159. The van der Waals surface area contributed by atoms with Crippen molar-refractivity contribution >= 4 is 34.2 Å². The molecule has 1 aliphatic heterocycles. The van der Waals surface area contributed by atoms with Gasteiger partial charge in [0.05, 0.1) is 0 Å². The molecule has 2 aliphatic carbocycles. The molecule has 29 heavy (non-hydrogen) atoms. The Balaban J connectivity index is 1.35. The van der Waals surface area contributed by atoms with Gasteiger partial charge in [0.1, 0.15) is 11.5 Å². The van der Waals surface area contributed by atoms with Crippen LogP contribution in [0.2, 0.25) is 0 Å². The number of anilines is 1. The van der Waals surface area contributed by atoms with Crippen molar-refractivity contribution < 1.29 is 18.4 Å². The predicted octanol–water partition coefficient (Wildman–Crippen LogP) is 3.57. The summed E-state index contributed by atoms with van der Waals surface area (Å²) in [6, 6.07) is 3.82. The normalized spacial score (nSPS) is 21.6. The molecule has 0 radical (unpaired) electrons. The van der Waals surface area contributed by atoms with Crippen LogP contribution in [0.3, 0.4) is 0 Å². The average molecular weight is 400 g/mol. The van der Waals surface area contributed by atoms with Gasteiger partial charge in [0, 0.05) is 49.4 Å². The van der Waals surface area contributed by atoms with Gasteiger partial charge in [-0.15, -0.1) is 0 Å². The Kier molecular flexibility index (Phi) is 4.18. The molecule has 8 heteroatoms. The van der Waals surface area contributed by atoms with Gasteiger partial charge in [0.15, 0.2) is 0 Å². The number of nitrogens with zero attached hydrogens (tertiary/aromatic N) is 2. The third-order valence-electron chi connectivity index (χ3n) is 6.03. The summed E-state index contributed by atoms with van der Waals surface area (Å²) in [6.45, 7) is 0.916. The van der Waals surface area contributed by atoms with Crippen LogP contribution in [0.4, 0.5) is 14.6 Å². The molecule has 2 saturated carbocycles. The monoisotopic (exact) mass is 400 g/mol. The quantitative estimate of drug-likeness (QED) is 0.824. The van der Waals surface area contributed by atoms with Crippen molar-refractivity contribution in [3.05, 3.63) is 30.0 Å². The molecular weight excluding hydrogens is 378 g/mol. The van der Waals surface area contributed by atoms with Crippen LogP contribution in [0, 0.1) is 11.8 Å². The van der Waals surface area contributed by atoms with Crippen molar-refractivity contribution in [3.8, 4) is 0 Å². The van der Waals surface area contributed by atoms with E-state index in [-0.39, 0.29) is 30.6 Å². The van der Waals surface area contributed by atoms with Crippen LogP contribution >= 0.6 is 0 Å².